The van der Waals surface area contributed by atoms with E-state index in [1.54, 1.807) is 0 Å². The average Bonchev–Trinajstić information content (AvgIpc) is 2.73. The van der Waals surface area contributed by atoms with E-state index in [9.17, 15) is 9.36 Å². The Hall–Kier alpha value is -2.31. The van der Waals surface area contributed by atoms with E-state index >= 15 is 0 Å². The number of amides is 1. The van der Waals surface area contributed by atoms with Crippen molar-refractivity contribution in [1.82, 2.24) is 5.43 Å². The topological polar surface area (TPSA) is 86.2 Å². The maximum atomic E-state index is 12.1. The molecule has 0 aliphatic rings. The first-order valence-electron chi connectivity index (χ1n) is 8.27. The van der Waals surface area contributed by atoms with Crippen LogP contribution in [0.15, 0.2) is 65.8 Å². The molecule has 0 aromatic heterocycles. The van der Waals surface area contributed by atoms with Crippen LogP contribution >= 0.6 is 7.60 Å². The van der Waals surface area contributed by atoms with Gasteiger partial charge in [0.25, 0.3) is 5.91 Å². The predicted molar refractivity (Wildman–Crippen MR) is 104 cm³/mol. The molecule has 0 radical (unpaired) electrons. The second-order valence-electron chi connectivity index (χ2n) is 5.57. The van der Waals surface area contributed by atoms with Crippen LogP contribution in [0.2, 0.25) is 0 Å². The van der Waals surface area contributed by atoms with Gasteiger partial charge < -0.3 is 13.8 Å². The third kappa shape index (κ3) is 5.84. The summed E-state index contributed by atoms with van der Waals surface area (Å²) >= 11 is 0. The van der Waals surface area contributed by atoms with Crippen LogP contribution in [0.3, 0.4) is 0 Å². The van der Waals surface area contributed by atoms with Gasteiger partial charge in [-0.1, -0.05) is 60.7 Å². The molecule has 8 heteroatoms. The number of rotatable bonds is 9. The molecule has 0 bridgehead atoms. The van der Waals surface area contributed by atoms with Crippen molar-refractivity contribution < 1.29 is 23.1 Å². The zero-order valence-corrected chi connectivity index (χ0v) is 16.4. The summed E-state index contributed by atoms with van der Waals surface area (Å²) in [5, 5.41) is 3.79. The number of hydrazone groups is 1. The molecule has 1 N–H and O–H groups in total. The van der Waals surface area contributed by atoms with Gasteiger partial charge in [0.1, 0.15) is 18.2 Å². The summed E-state index contributed by atoms with van der Waals surface area (Å²) in [4.78, 5) is 12.1. The number of carbonyl (C=O) groups excluding carboxylic acids is 1. The number of nitrogens with one attached hydrogen (secondary N) is 1. The van der Waals surface area contributed by atoms with Gasteiger partial charge in [0, 0.05) is 14.2 Å². The van der Waals surface area contributed by atoms with Gasteiger partial charge in [0.05, 0.1) is 0 Å². The van der Waals surface area contributed by atoms with E-state index < -0.39 is 19.6 Å². The highest BCUT2D eigenvalue weighted by molar-refractivity contribution is 7.72. The number of nitrogens with zero attached hydrogens (tertiary/aromatic N) is 1. The van der Waals surface area contributed by atoms with E-state index in [0.29, 0.717) is 0 Å². The van der Waals surface area contributed by atoms with E-state index in [0.717, 1.165) is 11.1 Å². The zero-order valence-electron chi connectivity index (χ0n) is 15.5. The SMILES string of the molecule is COP(=O)(OC)/C(C)=N/NC(=O)COC(c1ccccc1)c1ccccc1. The number of carbonyl (C=O) groups is 1. The maximum absolute atomic E-state index is 12.1. The van der Waals surface area contributed by atoms with Crippen molar-refractivity contribution in [1.29, 1.82) is 0 Å². The van der Waals surface area contributed by atoms with Crippen LogP contribution in [0.1, 0.15) is 24.2 Å². The predicted octanol–water partition coefficient (Wildman–Crippen LogP) is 3.73. The molecule has 1 amide bonds. The minimum Gasteiger partial charge on any atom is -0.359 e. The first-order chi connectivity index (χ1) is 13.0. The fourth-order valence-corrected chi connectivity index (χ4v) is 3.23. The molecular formula is C19H23N2O5P. The monoisotopic (exact) mass is 390 g/mol. The Morgan fingerprint density at radius 3 is 1.93 bits per heavy atom. The Morgan fingerprint density at radius 1 is 1.00 bits per heavy atom. The smallest absolute Gasteiger partial charge is 0.359 e. The summed E-state index contributed by atoms with van der Waals surface area (Å²) in [6, 6.07) is 19.2. The number of ether oxygens (including phenoxy) is 1. The lowest BCUT2D eigenvalue weighted by molar-refractivity contribution is -0.127. The molecule has 0 aliphatic carbocycles. The Labute approximate surface area is 158 Å². The van der Waals surface area contributed by atoms with Gasteiger partial charge in [-0.2, -0.15) is 5.10 Å². The molecule has 2 rings (SSSR count). The zero-order chi connectivity index (χ0) is 19.7. The van der Waals surface area contributed by atoms with Gasteiger partial charge in [-0.05, 0) is 18.1 Å². The number of hydrogen-bond acceptors (Lipinski definition) is 6. The van der Waals surface area contributed by atoms with Crippen molar-refractivity contribution in [3.8, 4) is 0 Å². The summed E-state index contributed by atoms with van der Waals surface area (Å²) < 4.78 is 27.6. The van der Waals surface area contributed by atoms with Crippen molar-refractivity contribution >= 4 is 19.0 Å². The Kier molecular flexibility index (Phi) is 7.88. The lowest BCUT2D eigenvalue weighted by atomic mass is 10.0. The summed E-state index contributed by atoms with van der Waals surface area (Å²) in [7, 11) is -0.970. The van der Waals surface area contributed by atoms with Gasteiger partial charge in [0.2, 0.25) is 0 Å². The normalized spacial score (nSPS) is 12.2. The molecule has 0 aliphatic heterocycles. The van der Waals surface area contributed by atoms with Crippen molar-refractivity contribution in [2.45, 2.75) is 13.0 Å². The molecule has 144 valence electrons. The minimum atomic E-state index is -3.47. The number of benzene rings is 2. The summed E-state index contributed by atoms with van der Waals surface area (Å²) in [5.41, 5.74) is 4.21. The molecule has 2 aromatic rings. The summed E-state index contributed by atoms with van der Waals surface area (Å²) in [6.07, 6.45) is -0.396. The second kappa shape index (κ2) is 10.1. The van der Waals surface area contributed by atoms with Crippen LogP contribution in [-0.4, -0.2) is 32.2 Å². The average molecular weight is 390 g/mol. The van der Waals surface area contributed by atoms with E-state index in [1.165, 1.54) is 21.1 Å². The molecule has 0 spiro atoms. The van der Waals surface area contributed by atoms with Gasteiger partial charge in [0.15, 0.2) is 0 Å². The molecule has 0 fully saturated rings. The Balaban J connectivity index is 2.05. The van der Waals surface area contributed by atoms with Crippen LogP contribution in [0.25, 0.3) is 0 Å². The molecule has 2 aromatic carbocycles. The Bertz CT molecular complexity index is 764. The van der Waals surface area contributed by atoms with Crippen molar-refractivity contribution in [2.75, 3.05) is 20.8 Å². The molecule has 0 unspecified atom stereocenters. The van der Waals surface area contributed by atoms with Crippen LogP contribution in [0.4, 0.5) is 0 Å². The van der Waals surface area contributed by atoms with E-state index in [-0.39, 0.29) is 12.1 Å². The summed E-state index contributed by atoms with van der Waals surface area (Å²) in [5.74, 6) is -0.482. The van der Waals surface area contributed by atoms with E-state index in [2.05, 4.69) is 10.5 Å². The largest absolute Gasteiger partial charge is 0.376 e. The first kappa shape index (κ1) is 21.0. The van der Waals surface area contributed by atoms with Gasteiger partial charge >= 0.3 is 7.60 Å². The van der Waals surface area contributed by atoms with Crippen molar-refractivity contribution in [3.05, 3.63) is 71.8 Å². The molecule has 0 atom stereocenters. The third-order valence-corrected chi connectivity index (χ3v) is 5.66. The van der Waals surface area contributed by atoms with Gasteiger partial charge in [-0.25, -0.2) is 5.43 Å². The van der Waals surface area contributed by atoms with Crippen LogP contribution in [-0.2, 0) is 23.1 Å². The second-order valence-corrected chi connectivity index (χ2v) is 7.94. The lowest BCUT2D eigenvalue weighted by Crippen LogP contribution is -2.25. The quantitative estimate of drug-likeness (QED) is 0.401. The van der Waals surface area contributed by atoms with Crippen molar-refractivity contribution in [3.63, 3.8) is 0 Å². The molecule has 0 saturated heterocycles. The fourth-order valence-electron chi connectivity index (χ4n) is 2.38. The minimum absolute atomic E-state index is 0.0449. The maximum Gasteiger partial charge on any atom is 0.376 e. The molecular weight excluding hydrogens is 367 g/mol. The van der Waals surface area contributed by atoms with Crippen LogP contribution in [0, 0.1) is 0 Å². The first-order valence-corrected chi connectivity index (χ1v) is 9.81. The van der Waals surface area contributed by atoms with Crippen molar-refractivity contribution in [2.24, 2.45) is 5.10 Å². The third-order valence-electron chi connectivity index (χ3n) is 3.81. The highest BCUT2D eigenvalue weighted by Crippen LogP contribution is 2.47. The highest BCUT2D eigenvalue weighted by Gasteiger charge is 2.26. The molecule has 0 heterocycles. The lowest BCUT2D eigenvalue weighted by Gasteiger charge is -2.18. The van der Waals surface area contributed by atoms with Crippen LogP contribution < -0.4 is 5.43 Å². The Morgan fingerprint density at radius 2 is 1.48 bits per heavy atom. The molecule has 27 heavy (non-hydrogen) atoms. The highest BCUT2D eigenvalue weighted by atomic mass is 31.2. The summed E-state index contributed by atoms with van der Waals surface area (Å²) in [6.45, 7) is 1.22. The number of hydrogen-bond donors (Lipinski definition) is 1. The molecule has 7 nitrogen and oxygen atoms in total. The van der Waals surface area contributed by atoms with Crippen LogP contribution in [0.5, 0.6) is 0 Å². The fraction of sp³-hybridized carbons (Fsp3) is 0.263. The van der Waals surface area contributed by atoms with Gasteiger partial charge in [-0.15, -0.1) is 0 Å². The molecule has 0 saturated carbocycles. The van der Waals surface area contributed by atoms with E-state index in [1.807, 2.05) is 60.7 Å². The van der Waals surface area contributed by atoms with Gasteiger partial charge in [-0.3, -0.25) is 9.36 Å². The standard InChI is InChI=1S/C19H23N2O5P/c1-15(27(23,24-2)25-3)20-21-18(22)14-26-19(16-10-6-4-7-11-16)17-12-8-5-9-13-17/h4-13,19H,14H2,1-3H3,(H,21,22)/b20-15+. The van der Waals surface area contributed by atoms with E-state index in [4.69, 9.17) is 13.8 Å².